The summed E-state index contributed by atoms with van der Waals surface area (Å²) in [5, 5.41) is 0. The number of aromatic nitrogens is 1. The molecule has 0 saturated heterocycles. The van der Waals surface area contributed by atoms with Crippen molar-refractivity contribution in [1.82, 2.24) is 4.98 Å². The molecule has 0 N–H and O–H groups in total. The second kappa shape index (κ2) is 8.20. The molecule has 3 heteroatoms. The first-order valence-electron chi connectivity index (χ1n) is 7.41. The van der Waals surface area contributed by atoms with E-state index < -0.39 is 0 Å². The Bertz CT molecular complexity index is 540. The van der Waals surface area contributed by atoms with Crippen molar-refractivity contribution in [3.05, 3.63) is 66.0 Å². The summed E-state index contributed by atoms with van der Waals surface area (Å²) in [6, 6.07) is 13.8. The molecular weight excluding hydrogens is 262 g/mol. The molecule has 0 fully saturated rings. The number of carbonyl (C=O) groups excluding carboxylic acids is 1. The average molecular weight is 283 g/mol. The molecule has 1 unspecified atom stereocenters. The number of benzene rings is 1. The molecular formula is C18H21NO2. The van der Waals surface area contributed by atoms with Crippen molar-refractivity contribution in [2.45, 2.75) is 32.1 Å². The van der Waals surface area contributed by atoms with Crippen LogP contribution < -0.4 is 0 Å². The van der Waals surface area contributed by atoms with Gasteiger partial charge in [0.2, 0.25) is 0 Å². The van der Waals surface area contributed by atoms with Crippen molar-refractivity contribution < 1.29 is 9.53 Å². The van der Waals surface area contributed by atoms with Crippen LogP contribution in [0.1, 0.15) is 36.8 Å². The van der Waals surface area contributed by atoms with Crippen molar-refractivity contribution in [2.75, 3.05) is 6.61 Å². The molecule has 21 heavy (non-hydrogen) atoms. The fraction of sp³-hybridized carbons (Fsp3) is 0.333. The van der Waals surface area contributed by atoms with Crippen molar-refractivity contribution in [1.29, 1.82) is 0 Å². The van der Waals surface area contributed by atoms with Crippen molar-refractivity contribution in [2.24, 2.45) is 0 Å². The van der Waals surface area contributed by atoms with E-state index in [2.05, 4.69) is 4.98 Å². The summed E-state index contributed by atoms with van der Waals surface area (Å²) < 4.78 is 5.42. The SMILES string of the molecule is CCC(C(=O)OCCCc1ccncc1)c1ccccc1. The average Bonchev–Trinajstić information content (AvgIpc) is 2.54. The van der Waals surface area contributed by atoms with Gasteiger partial charge >= 0.3 is 5.97 Å². The number of carbonyl (C=O) groups is 1. The number of aryl methyl sites for hydroxylation is 1. The summed E-state index contributed by atoms with van der Waals surface area (Å²) in [5.41, 5.74) is 2.25. The quantitative estimate of drug-likeness (QED) is 0.574. The Labute approximate surface area is 126 Å². The first-order valence-corrected chi connectivity index (χ1v) is 7.41. The number of esters is 1. The van der Waals surface area contributed by atoms with Gasteiger partial charge in [-0.3, -0.25) is 9.78 Å². The van der Waals surface area contributed by atoms with Crippen LogP contribution in [0.2, 0.25) is 0 Å². The molecule has 1 aromatic heterocycles. The van der Waals surface area contributed by atoms with Crippen molar-refractivity contribution >= 4 is 5.97 Å². The molecule has 1 aromatic carbocycles. The van der Waals surface area contributed by atoms with Gasteiger partial charge in [0.25, 0.3) is 0 Å². The number of pyridine rings is 1. The van der Waals surface area contributed by atoms with Gasteiger partial charge in [0, 0.05) is 12.4 Å². The number of ether oxygens (including phenoxy) is 1. The lowest BCUT2D eigenvalue weighted by Gasteiger charge is -2.14. The highest BCUT2D eigenvalue weighted by Gasteiger charge is 2.19. The second-order valence-corrected chi connectivity index (χ2v) is 5.00. The Morgan fingerprint density at radius 1 is 1.14 bits per heavy atom. The van der Waals surface area contributed by atoms with Gasteiger partial charge in [0.05, 0.1) is 12.5 Å². The highest BCUT2D eigenvalue weighted by molar-refractivity contribution is 5.78. The number of hydrogen-bond donors (Lipinski definition) is 0. The van der Waals surface area contributed by atoms with E-state index in [1.807, 2.05) is 49.4 Å². The molecule has 1 atom stereocenters. The van der Waals surface area contributed by atoms with Gasteiger partial charge in [-0.25, -0.2) is 0 Å². The zero-order chi connectivity index (χ0) is 14.9. The van der Waals surface area contributed by atoms with E-state index >= 15 is 0 Å². The molecule has 110 valence electrons. The van der Waals surface area contributed by atoms with Crippen LogP contribution in [0.15, 0.2) is 54.9 Å². The Kier molecular flexibility index (Phi) is 5.95. The predicted molar refractivity (Wildman–Crippen MR) is 83.0 cm³/mol. The summed E-state index contributed by atoms with van der Waals surface area (Å²) in [6.07, 6.45) is 6.06. The largest absolute Gasteiger partial charge is 0.465 e. The maximum Gasteiger partial charge on any atom is 0.313 e. The highest BCUT2D eigenvalue weighted by Crippen LogP contribution is 2.20. The maximum atomic E-state index is 12.2. The second-order valence-electron chi connectivity index (χ2n) is 5.00. The van der Waals surface area contributed by atoms with E-state index in [0.29, 0.717) is 6.61 Å². The fourth-order valence-electron chi connectivity index (χ4n) is 2.32. The van der Waals surface area contributed by atoms with Gasteiger partial charge in [-0.1, -0.05) is 37.3 Å². The molecule has 0 saturated carbocycles. The third-order valence-electron chi connectivity index (χ3n) is 3.50. The molecule has 0 aliphatic heterocycles. The minimum absolute atomic E-state index is 0.126. The highest BCUT2D eigenvalue weighted by atomic mass is 16.5. The van der Waals surface area contributed by atoms with Crippen LogP contribution in [0, 0.1) is 0 Å². The van der Waals surface area contributed by atoms with Crippen LogP contribution >= 0.6 is 0 Å². The molecule has 0 bridgehead atoms. The summed E-state index contributed by atoms with van der Waals surface area (Å²) >= 11 is 0. The first kappa shape index (κ1) is 15.2. The zero-order valence-electron chi connectivity index (χ0n) is 12.4. The summed E-state index contributed by atoms with van der Waals surface area (Å²) in [5.74, 6) is -0.287. The Morgan fingerprint density at radius 2 is 1.86 bits per heavy atom. The standard InChI is InChI=1S/C18H21NO2/c1-2-17(16-8-4-3-5-9-16)18(20)21-14-6-7-15-10-12-19-13-11-15/h3-5,8-13,17H,2,6-7,14H2,1H3. The summed E-state index contributed by atoms with van der Waals surface area (Å²) in [4.78, 5) is 16.1. The molecule has 0 aliphatic carbocycles. The Hall–Kier alpha value is -2.16. The molecule has 2 aromatic rings. The molecule has 0 aliphatic rings. The van der Waals surface area contributed by atoms with Crippen LogP contribution in [0.5, 0.6) is 0 Å². The Balaban J connectivity index is 1.78. The van der Waals surface area contributed by atoms with E-state index in [9.17, 15) is 4.79 Å². The zero-order valence-corrected chi connectivity index (χ0v) is 12.4. The van der Waals surface area contributed by atoms with Crippen LogP contribution in [-0.4, -0.2) is 17.6 Å². The third kappa shape index (κ3) is 4.71. The van der Waals surface area contributed by atoms with Gasteiger partial charge < -0.3 is 4.74 Å². The summed E-state index contributed by atoms with van der Waals surface area (Å²) in [7, 11) is 0. The number of hydrogen-bond acceptors (Lipinski definition) is 3. The topological polar surface area (TPSA) is 39.2 Å². The molecule has 1 heterocycles. The first-order chi connectivity index (χ1) is 10.3. The van der Waals surface area contributed by atoms with Gasteiger partial charge in [0.15, 0.2) is 0 Å². The molecule has 3 nitrogen and oxygen atoms in total. The maximum absolute atomic E-state index is 12.2. The van der Waals surface area contributed by atoms with Gasteiger partial charge in [-0.05, 0) is 42.5 Å². The minimum Gasteiger partial charge on any atom is -0.465 e. The van der Waals surface area contributed by atoms with E-state index in [4.69, 9.17) is 4.74 Å². The van der Waals surface area contributed by atoms with E-state index in [1.165, 1.54) is 5.56 Å². The van der Waals surface area contributed by atoms with Crippen LogP contribution in [0.4, 0.5) is 0 Å². The van der Waals surface area contributed by atoms with Crippen LogP contribution in [0.25, 0.3) is 0 Å². The van der Waals surface area contributed by atoms with E-state index in [0.717, 1.165) is 24.8 Å². The van der Waals surface area contributed by atoms with E-state index in [-0.39, 0.29) is 11.9 Å². The predicted octanol–water partition coefficient (Wildman–Crippen LogP) is 3.75. The van der Waals surface area contributed by atoms with Crippen LogP contribution in [0.3, 0.4) is 0 Å². The van der Waals surface area contributed by atoms with Gasteiger partial charge in [0.1, 0.15) is 0 Å². The number of nitrogens with zero attached hydrogens (tertiary/aromatic N) is 1. The Morgan fingerprint density at radius 3 is 2.52 bits per heavy atom. The molecule has 0 spiro atoms. The smallest absolute Gasteiger partial charge is 0.313 e. The fourth-order valence-corrected chi connectivity index (χ4v) is 2.32. The lowest BCUT2D eigenvalue weighted by atomic mass is 9.97. The van der Waals surface area contributed by atoms with Crippen LogP contribution in [-0.2, 0) is 16.0 Å². The normalized spacial score (nSPS) is 11.9. The monoisotopic (exact) mass is 283 g/mol. The minimum atomic E-state index is -0.160. The molecule has 0 radical (unpaired) electrons. The lowest BCUT2D eigenvalue weighted by molar-refractivity contribution is -0.145. The molecule has 2 rings (SSSR count). The molecule has 0 amide bonds. The number of rotatable bonds is 7. The van der Waals surface area contributed by atoms with Crippen molar-refractivity contribution in [3.63, 3.8) is 0 Å². The lowest BCUT2D eigenvalue weighted by Crippen LogP contribution is -2.16. The van der Waals surface area contributed by atoms with Gasteiger partial charge in [-0.2, -0.15) is 0 Å². The third-order valence-corrected chi connectivity index (χ3v) is 3.50. The van der Waals surface area contributed by atoms with Crippen molar-refractivity contribution in [3.8, 4) is 0 Å². The van der Waals surface area contributed by atoms with E-state index in [1.54, 1.807) is 12.4 Å². The summed E-state index contributed by atoms with van der Waals surface area (Å²) in [6.45, 7) is 2.47. The van der Waals surface area contributed by atoms with Gasteiger partial charge in [-0.15, -0.1) is 0 Å².